The largest absolute Gasteiger partial charge is 0.335 e. The van der Waals surface area contributed by atoms with Crippen molar-refractivity contribution in [3.63, 3.8) is 0 Å². The normalized spacial score (nSPS) is 15.5. The topological polar surface area (TPSA) is 116 Å². The van der Waals surface area contributed by atoms with E-state index in [4.69, 9.17) is 32.3 Å². The molecule has 0 spiro atoms. The lowest BCUT2D eigenvalue weighted by Gasteiger charge is -2.20. The molecule has 2 aromatic carbocycles. The van der Waals surface area contributed by atoms with Crippen molar-refractivity contribution in [2.24, 2.45) is 0 Å². The van der Waals surface area contributed by atoms with Gasteiger partial charge in [0.05, 0.1) is 28.0 Å². The first kappa shape index (κ1) is 26.4. The molecule has 0 amide bonds. The van der Waals surface area contributed by atoms with Crippen LogP contribution >= 0.6 is 46.3 Å². The third-order valence-electron chi connectivity index (χ3n) is 4.97. The first-order chi connectivity index (χ1) is 16.4. The maximum Gasteiger partial charge on any atom is 0.287 e. The van der Waals surface area contributed by atoms with Crippen LogP contribution in [0.3, 0.4) is 0 Å². The molecule has 0 atom stereocenters. The van der Waals surface area contributed by atoms with Crippen LogP contribution in [-0.4, -0.2) is 38.2 Å². The fraction of sp³-hybridized carbons (Fsp3) is 0.190. The fourth-order valence-electron chi connectivity index (χ4n) is 3.56. The molecule has 1 aromatic heterocycles. The molecule has 0 saturated carbocycles. The third-order valence-corrected chi connectivity index (χ3v) is 9.01. The van der Waals surface area contributed by atoms with E-state index in [2.05, 4.69) is 0 Å². The number of hydrogen-bond acceptors (Lipinski definition) is 7. The van der Waals surface area contributed by atoms with Gasteiger partial charge in [-0.3, -0.25) is 9.11 Å². The second-order valence-corrected chi connectivity index (χ2v) is 13.4. The zero-order chi connectivity index (χ0) is 25.4. The first-order valence-corrected chi connectivity index (χ1v) is 15.6. The Kier molecular flexibility index (Phi) is 7.84. The molecule has 1 aliphatic rings. The highest BCUT2D eigenvalue weighted by atomic mass is 35.5. The first-order valence-electron chi connectivity index (χ1n) is 10.1. The van der Waals surface area contributed by atoms with E-state index in [0.29, 0.717) is 16.6 Å². The summed E-state index contributed by atoms with van der Waals surface area (Å²) < 4.78 is 65.8. The Morgan fingerprint density at radius 3 is 2.46 bits per heavy atom. The summed E-state index contributed by atoms with van der Waals surface area (Å²) in [5.74, 6) is -0.376. The molecule has 8 nitrogen and oxygen atoms in total. The molecule has 0 aliphatic carbocycles. The number of thiazole rings is 1. The smallest absolute Gasteiger partial charge is 0.287 e. The van der Waals surface area contributed by atoms with Crippen molar-refractivity contribution < 1.29 is 30.5 Å². The van der Waals surface area contributed by atoms with Crippen LogP contribution in [0.25, 0.3) is 16.3 Å². The van der Waals surface area contributed by atoms with E-state index in [0.717, 1.165) is 36.2 Å². The third kappa shape index (κ3) is 6.77. The number of anilines is 1. The van der Waals surface area contributed by atoms with E-state index in [-0.39, 0.29) is 18.7 Å². The van der Waals surface area contributed by atoms with Gasteiger partial charge in [0, 0.05) is 27.6 Å². The lowest BCUT2D eigenvalue weighted by Crippen LogP contribution is -2.34. The van der Waals surface area contributed by atoms with Crippen LogP contribution in [-0.2, 0) is 26.8 Å². The molecule has 186 valence electrons. The summed E-state index contributed by atoms with van der Waals surface area (Å²) in [6, 6.07) is 10.9. The molecule has 35 heavy (non-hydrogen) atoms. The molecular formula is C21H19Cl2N2O6S4+. The molecule has 0 fully saturated rings. The van der Waals surface area contributed by atoms with E-state index in [1.807, 2.05) is 27.7 Å². The van der Waals surface area contributed by atoms with E-state index in [1.165, 1.54) is 29.2 Å². The minimum Gasteiger partial charge on any atom is -0.335 e. The van der Waals surface area contributed by atoms with Gasteiger partial charge in [-0.2, -0.15) is 21.4 Å². The Hall–Kier alpha value is -1.64. The maximum absolute atomic E-state index is 11.2. The zero-order valence-corrected chi connectivity index (χ0v) is 22.6. The van der Waals surface area contributed by atoms with Crippen molar-refractivity contribution in [3.05, 3.63) is 68.0 Å². The SMILES string of the molecule is O=S(=O)(O)/C=C\C[n+]1c(C=C2Sc3ccc(Cl)cc3N2CCCS(=O)(=O)O)sc2ccc(Cl)cc21. The predicted molar refractivity (Wildman–Crippen MR) is 141 cm³/mol. The van der Waals surface area contributed by atoms with Crippen LogP contribution in [0.5, 0.6) is 0 Å². The van der Waals surface area contributed by atoms with Crippen LogP contribution < -0.4 is 9.47 Å². The second kappa shape index (κ2) is 10.4. The van der Waals surface area contributed by atoms with Gasteiger partial charge in [0.15, 0.2) is 6.54 Å². The molecule has 0 bridgehead atoms. The summed E-state index contributed by atoms with van der Waals surface area (Å²) in [6.07, 6.45) is 3.46. The van der Waals surface area contributed by atoms with Crippen molar-refractivity contribution in [2.75, 3.05) is 17.2 Å². The van der Waals surface area contributed by atoms with Gasteiger partial charge in [-0.05, 0) is 42.8 Å². The molecular weight excluding hydrogens is 575 g/mol. The predicted octanol–water partition coefficient (Wildman–Crippen LogP) is 5.09. The maximum atomic E-state index is 11.2. The van der Waals surface area contributed by atoms with Crippen molar-refractivity contribution in [1.82, 2.24) is 0 Å². The number of nitrogens with zero attached hydrogens (tertiary/aromatic N) is 2. The Labute approximate surface area is 221 Å². The van der Waals surface area contributed by atoms with Crippen molar-refractivity contribution >= 4 is 88.5 Å². The molecule has 2 heterocycles. The zero-order valence-electron chi connectivity index (χ0n) is 17.8. The molecule has 2 N–H and O–H groups in total. The van der Waals surface area contributed by atoms with Gasteiger partial charge in [-0.1, -0.05) is 46.3 Å². The summed E-state index contributed by atoms with van der Waals surface area (Å²) in [4.78, 5) is 2.88. The number of thioether (sulfide) groups is 1. The minimum absolute atomic E-state index is 0.158. The van der Waals surface area contributed by atoms with Gasteiger partial charge in [-0.15, -0.1) is 0 Å². The molecule has 1 aliphatic heterocycles. The van der Waals surface area contributed by atoms with Crippen LogP contribution in [0.4, 0.5) is 5.69 Å². The number of benzene rings is 2. The van der Waals surface area contributed by atoms with E-state index < -0.39 is 20.2 Å². The standard InChI is InChI=1S/C21H18Cl2N2O6S4/c22-14-3-5-18-16(11-14)24(7-1-9-34(26,27)28)20(32-18)13-21-25(8-2-10-35(29,30)31)17-12-15(23)4-6-19(17)33-21/h1,3-6,9,11-13H,2,7-8,10H2,(H-,26,27,28,29,30,31)/p+1/b9-1-. The van der Waals surface area contributed by atoms with Gasteiger partial charge in [-0.25, -0.2) is 0 Å². The average molecular weight is 595 g/mol. The van der Waals surface area contributed by atoms with Crippen LogP contribution in [0.2, 0.25) is 10.0 Å². The van der Waals surface area contributed by atoms with Gasteiger partial charge >= 0.3 is 0 Å². The highest BCUT2D eigenvalue weighted by Gasteiger charge is 2.28. The van der Waals surface area contributed by atoms with Gasteiger partial charge < -0.3 is 4.90 Å². The molecule has 0 saturated heterocycles. The molecule has 0 radical (unpaired) electrons. The molecule has 4 rings (SSSR count). The Balaban J connectivity index is 1.77. The van der Waals surface area contributed by atoms with Crippen molar-refractivity contribution in [1.29, 1.82) is 0 Å². The van der Waals surface area contributed by atoms with E-state index in [1.54, 1.807) is 24.3 Å². The summed E-state index contributed by atoms with van der Waals surface area (Å²) in [5.41, 5.74) is 1.61. The van der Waals surface area contributed by atoms with Crippen molar-refractivity contribution in [3.8, 4) is 0 Å². The fourth-order valence-corrected chi connectivity index (χ4v) is 6.99. The summed E-state index contributed by atoms with van der Waals surface area (Å²) in [7, 11) is -8.37. The second-order valence-electron chi connectivity index (χ2n) is 7.54. The number of halogens is 2. The highest BCUT2D eigenvalue weighted by molar-refractivity contribution is 8.04. The van der Waals surface area contributed by atoms with Crippen LogP contribution in [0.1, 0.15) is 11.4 Å². The Morgan fingerprint density at radius 1 is 1.03 bits per heavy atom. The van der Waals surface area contributed by atoms with Gasteiger partial charge in [0.1, 0.15) is 4.70 Å². The monoisotopic (exact) mass is 593 g/mol. The summed E-state index contributed by atoms with van der Waals surface area (Å²) in [6.45, 7) is 0.483. The Morgan fingerprint density at radius 2 is 1.74 bits per heavy atom. The number of allylic oxidation sites excluding steroid dienone is 1. The van der Waals surface area contributed by atoms with Crippen molar-refractivity contribution in [2.45, 2.75) is 17.9 Å². The van der Waals surface area contributed by atoms with Crippen LogP contribution in [0.15, 0.2) is 57.8 Å². The van der Waals surface area contributed by atoms with Gasteiger partial charge in [0.25, 0.3) is 25.2 Å². The Bertz CT molecular complexity index is 1570. The summed E-state index contributed by atoms with van der Waals surface area (Å²) in [5, 5.41) is 3.37. The minimum atomic E-state index is -4.27. The highest BCUT2D eigenvalue weighted by Crippen LogP contribution is 2.47. The average Bonchev–Trinajstić information content (AvgIpc) is 3.24. The van der Waals surface area contributed by atoms with E-state index >= 15 is 0 Å². The molecule has 0 unspecified atom stereocenters. The molecule has 3 aromatic rings. The van der Waals surface area contributed by atoms with Crippen LogP contribution in [0, 0.1) is 0 Å². The number of hydrogen-bond donors (Lipinski definition) is 2. The lowest BCUT2D eigenvalue weighted by molar-refractivity contribution is -0.658. The number of rotatable bonds is 8. The quantitative estimate of drug-likeness (QED) is 0.274. The number of fused-ring (bicyclic) bond motifs is 2. The number of aromatic nitrogens is 1. The van der Waals surface area contributed by atoms with E-state index in [9.17, 15) is 16.8 Å². The van der Waals surface area contributed by atoms with Gasteiger partial charge in [0.2, 0.25) is 5.52 Å². The molecule has 14 heteroatoms. The summed E-state index contributed by atoms with van der Waals surface area (Å²) >= 11 is 15.4. The lowest BCUT2D eigenvalue weighted by atomic mass is 10.2.